The molecule has 0 aliphatic rings. The van der Waals surface area contributed by atoms with Crippen LogP contribution >= 0.6 is 11.5 Å². The fourth-order valence-electron chi connectivity index (χ4n) is 0.707. The number of aryl methyl sites for hydroxylation is 1. The molecule has 1 aromatic rings. The van der Waals surface area contributed by atoms with Crippen LogP contribution in [0.1, 0.15) is 0 Å². The highest BCUT2D eigenvalue weighted by Gasteiger charge is 1.97. The van der Waals surface area contributed by atoms with E-state index in [2.05, 4.69) is 4.99 Å². The molecule has 10 heavy (non-hydrogen) atoms. The highest BCUT2D eigenvalue weighted by molar-refractivity contribution is 7.03. The van der Waals surface area contributed by atoms with E-state index in [1.165, 1.54) is 16.1 Å². The molecule has 0 unspecified atom stereocenters. The normalized spacial score (nSPS) is 12.5. The van der Waals surface area contributed by atoms with Gasteiger partial charge >= 0.3 is 5.69 Å². The van der Waals surface area contributed by atoms with Crippen LogP contribution in [0, 0.1) is 0 Å². The van der Waals surface area contributed by atoms with Crippen LogP contribution in [0.3, 0.4) is 0 Å². The van der Waals surface area contributed by atoms with Gasteiger partial charge in [0.15, 0.2) is 0 Å². The second-order valence-electron chi connectivity index (χ2n) is 1.94. The van der Waals surface area contributed by atoms with Gasteiger partial charge in [-0.05, 0) is 11.5 Å². The molecule has 0 bridgehead atoms. The van der Waals surface area contributed by atoms with Crippen molar-refractivity contribution >= 4 is 11.5 Å². The Morgan fingerprint density at radius 2 is 2.10 bits per heavy atom. The lowest BCUT2D eigenvalue weighted by Crippen LogP contribution is -2.25. The lowest BCUT2D eigenvalue weighted by molar-refractivity contribution is 0.762. The minimum absolute atomic E-state index is 0.0226. The van der Waals surface area contributed by atoms with Gasteiger partial charge in [-0.25, -0.2) is 8.75 Å². The second-order valence-corrected chi connectivity index (χ2v) is 3.03. The molecule has 0 aliphatic carbocycles. The Kier molecular flexibility index (Phi) is 1.76. The molecular formula is C5H9N3OS. The Labute approximate surface area is 62.2 Å². The van der Waals surface area contributed by atoms with Crippen molar-refractivity contribution in [3.05, 3.63) is 15.3 Å². The molecule has 0 radical (unpaired) electrons. The van der Waals surface area contributed by atoms with Gasteiger partial charge in [-0.3, -0.25) is 9.56 Å². The number of hydrogen-bond donors (Lipinski definition) is 0. The van der Waals surface area contributed by atoms with Crippen molar-refractivity contribution < 1.29 is 0 Å². The third kappa shape index (κ3) is 0.923. The van der Waals surface area contributed by atoms with E-state index in [4.69, 9.17) is 0 Å². The number of nitrogens with zero attached hydrogens (tertiary/aromatic N) is 3. The first-order valence-electron chi connectivity index (χ1n) is 2.83. The molecule has 0 N–H and O–H groups in total. The van der Waals surface area contributed by atoms with Gasteiger partial charge in [0.05, 0.1) is 0 Å². The van der Waals surface area contributed by atoms with E-state index >= 15 is 0 Å². The molecule has 0 fully saturated rings. The Morgan fingerprint density at radius 1 is 1.50 bits per heavy atom. The molecule has 5 heteroatoms. The predicted octanol–water partition coefficient (Wildman–Crippen LogP) is -0.684. The molecule has 0 atom stereocenters. The van der Waals surface area contributed by atoms with Crippen LogP contribution in [0.4, 0.5) is 0 Å². The molecule has 0 saturated heterocycles. The molecular weight excluding hydrogens is 150 g/mol. The minimum atomic E-state index is -0.0226. The van der Waals surface area contributed by atoms with Gasteiger partial charge in [0.2, 0.25) is 4.80 Å². The van der Waals surface area contributed by atoms with Gasteiger partial charge in [0.1, 0.15) is 0 Å². The van der Waals surface area contributed by atoms with E-state index in [1.807, 2.05) is 0 Å². The van der Waals surface area contributed by atoms with E-state index in [0.717, 1.165) is 4.80 Å². The van der Waals surface area contributed by atoms with Crippen LogP contribution in [-0.4, -0.2) is 15.6 Å². The Bertz CT molecular complexity index is 343. The van der Waals surface area contributed by atoms with E-state index in [-0.39, 0.29) is 5.69 Å². The van der Waals surface area contributed by atoms with Gasteiger partial charge in [-0.2, -0.15) is 0 Å². The summed E-state index contributed by atoms with van der Waals surface area (Å²) in [6.07, 6.45) is 0. The number of hydrogen-bond acceptors (Lipinski definition) is 3. The van der Waals surface area contributed by atoms with Crippen molar-refractivity contribution in [2.24, 2.45) is 19.1 Å². The quantitative estimate of drug-likeness (QED) is 0.494. The van der Waals surface area contributed by atoms with Gasteiger partial charge < -0.3 is 0 Å². The summed E-state index contributed by atoms with van der Waals surface area (Å²) in [7, 11) is 5.11. The monoisotopic (exact) mass is 159 g/mol. The van der Waals surface area contributed by atoms with E-state index in [0.29, 0.717) is 0 Å². The van der Waals surface area contributed by atoms with Crippen molar-refractivity contribution in [2.75, 3.05) is 7.05 Å². The van der Waals surface area contributed by atoms with Gasteiger partial charge in [0.25, 0.3) is 0 Å². The average Bonchev–Trinajstić information content (AvgIpc) is 2.17. The highest BCUT2D eigenvalue weighted by atomic mass is 32.1. The maximum atomic E-state index is 11.0. The fraction of sp³-hybridized carbons (Fsp3) is 0.600. The zero-order chi connectivity index (χ0) is 7.72. The van der Waals surface area contributed by atoms with E-state index in [1.54, 1.807) is 25.1 Å². The van der Waals surface area contributed by atoms with Crippen molar-refractivity contribution in [3.63, 3.8) is 0 Å². The molecule has 0 spiro atoms. The minimum Gasteiger partial charge on any atom is -0.271 e. The summed E-state index contributed by atoms with van der Waals surface area (Å²) in [4.78, 5) is 15.7. The Morgan fingerprint density at radius 3 is 2.30 bits per heavy atom. The maximum Gasteiger partial charge on any atom is 0.339 e. The van der Waals surface area contributed by atoms with Gasteiger partial charge in [-0.15, -0.1) is 0 Å². The van der Waals surface area contributed by atoms with Crippen LogP contribution in [0.15, 0.2) is 9.79 Å². The first-order valence-corrected chi connectivity index (χ1v) is 3.60. The topological polar surface area (TPSA) is 39.3 Å². The summed E-state index contributed by atoms with van der Waals surface area (Å²) in [5.41, 5.74) is -0.0226. The molecule has 0 amide bonds. The Balaban J connectivity index is 3.63. The van der Waals surface area contributed by atoms with Crippen LogP contribution < -0.4 is 10.5 Å². The summed E-state index contributed by atoms with van der Waals surface area (Å²) in [5, 5.41) is 0. The second kappa shape index (κ2) is 2.42. The third-order valence-electron chi connectivity index (χ3n) is 1.25. The summed E-state index contributed by atoms with van der Waals surface area (Å²) in [6.45, 7) is 0. The van der Waals surface area contributed by atoms with Gasteiger partial charge in [0, 0.05) is 21.1 Å². The molecule has 0 aliphatic heterocycles. The summed E-state index contributed by atoms with van der Waals surface area (Å²) in [5.74, 6) is 0. The number of aromatic nitrogens is 2. The Hall–Kier alpha value is -0.840. The van der Waals surface area contributed by atoms with Gasteiger partial charge in [-0.1, -0.05) is 0 Å². The largest absolute Gasteiger partial charge is 0.339 e. The molecule has 56 valence electrons. The van der Waals surface area contributed by atoms with E-state index in [9.17, 15) is 4.79 Å². The van der Waals surface area contributed by atoms with Crippen LogP contribution in [0.5, 0.6) is 0 Å². The number of rotatable bonds is 0. The predicted molar refractivity (Wildman–Crippen MR) is 40.0 cm³/mol. The van der Waals surface area contributed by atoms with Crippen molar-refractivity contribution in [3.8, 4) is 0 Å². The highest BCUT2D eigenvalue weighted by Crippen LogP contribution is 1.76. The first-order chi connectivity index (χ1) is 4.66. The SMILES string of the molecule is C/N=c1\sn(C)c(=O)n1C. The molecule has 4 nitrogen and oxygen atoms in total. The molecule has 1 rings (SSSR count). The first kappa shape index (κ1) is 7.27. The summed E-state index contributed by atoms with van der Waals surface area (Å²) in [6, 6.07) is 0. The fourth-order valence-corrected chi connectivity index (χ4v) is 1.43. The van der Waals surface area contributed by atoms with E-state index < -0.39 is 0 Å². The lowest BCUT2D eigenvalue weighted by atomic mass is 11.0. The van der Waals surface area contributed by atoms with Crippen molar-refractivity contribution in [2.45, 2.75) is 0 Å². The zero-order valence-corrected chi connectivity index (χ0v) is 6.97. The van der Waals surface area contributed by atoms with Crippen molar-refractivity contribution in [1.29, 1.82) is 0 Å². The average molecular weight is 159 g/mol. The summed E-state index contributed by atoms with van der Waals surface area (Å²) >= 11 is 1.34. The molecule has 0 aromatic carbocycles. The third-order valence-corrected chi connectivity index (χ3v) is 2.30. The lowest BCUT2D eigenvalue weighted by Gasteiger charge is -1.81. The van der Waals surface area contributed by atoms with Crippen LogP contribution in [0.25, 0.3) is 0 Å². The summed E-state index contributed by atoms with van der Waals surface area (Å²) < 4.78 is 3.06. The molecule has 1 heterocycles. The molecule has 0 saturated carbocycles. The van der Waals surface area contributed by atoms with Crippen LogP contribution in [0.2, 0.25) is 0 Å². The zero-order valence-electron chi connectivity index (χ0n) is 6.16. The smallest absolute Gasteiger partial charge is 0.271 e. The van der Waals surface area contributed by atoms with Crippen molar-refractivity contribution in [1.82, 2.24) is 8.52 Å². The van der Waals surface area contributed by atoms with Crippen LogP contribution in [-0.2, 0) is 14.1 Å². The molecule has 1 aromatic heterocycles. The standard InChI is InChI=1S/C5H9N3OS/c1-6-4-7(2)5(9)8(3)10-4/h1-3H3/b6-4-. The maximum absolute atomic E-state index is 11.0.